The highest BCUT2D eigenvalue weighted by molar-refractivity contribution is 6.30. The van der Waals surface area contributed by atoms with Gasteiger partial charge >= 0.3 is 0 Å². The van der Waals surface area contributed by atoms with Crippen molar-refractivity contribution in [1.82, 2.24) is 5.32 Å². The molecule has 0 aliphatic heterocycles. The van der Waals surface area contributed by atoms with Gasteiger partial charge in [-0.3, -0.25) is 4.79 Å². The van der Waals surface area contributed by atoms with Gasteiger partial charge in [0.25, 0.3) is 0 Å². The lowest BCUT2D eigenvalue weighted by Crippen LogP contribution is -2.30. The van der Waals surface area contributed by atoms with E-state index >= 15 is 0 Å². The smallest absolute Gasteiger partial charge is 0.238 e. The Morgan fingerprint density at radius 2 is 1.68 bits per heavy atom. The minimum absolute atomic E-state index is 0.0502. The van der Waals surface area contributed by atoms with E-state index in [-0.39, 0.29) is 18.5 Å². The summed E-state index contributed by atoms with van der Waals surface area (Å²) in [6.45, 7) is 6.32. The van der Waals surface area contributed by atoms with Gasteiger partial charge < -0.3 is 10.6 Å². The zero-order valence-electron chi connectivity index (χ0n) is 13.1. The molecule has 2 rings (SSSR count). The molecule has 2 aromatic carbocycles. The quantitative estimate of drug-likeness (QED) is 0.866. The van der Waals surface area contributed by atoms with Crippen LogP contribution in [0.3, 0.4) is 0 Å². The Kier molecular flexibility index (Phi) is 5.58. The molecule has 116 valence electrons. The molecule has 0 fully saturated rings. The number of anilines is 1. The van der Waals surface area contributed by atoms with Crippen LogP contribution in [0, 0.1) is 13.8 Å². The Bertz CT molecular complexity index is 632. The summed E-state index contributed by atoms with van der Waals surface area (Å²) in [5.74, 6) is -0.0502. The summed E-state index contributed by atoms with van der Waals surface area (Å²) in [5.41, 5.74) is 4.21. The molecule has 0 saturated heterocycles. The number of aryl methyl sites for hydroxylation is 2. The van der Waals surface area contributed by atoms with Crippen molar-refractivity contribution in [2.24, 2.45) is 0 Å². The second kappa shape index (κ2) is 7.43. The highest BCUT2D eigenvalue weighted by atomic mass is 35.5. The van der Waals surface area contributed by atoms with E-state index in [2.05, 4.69) is 16.7 Å². The fourth-order valence-electron chi connectivity index (χ4n) is 2.37. The van der Waals surface area contributed by atoms with Crippen LogP contribution in [-0.4, -0.2) is 12.5 Å². The first-order chi connectivity index (χ1) is 10.4. The topological polar surface area (TPSA) is 41.1 Å². The third-order valence-corrected chi connectivity index (χ3v) is 3.70. The highest BCUT2D eigenvalue weighted by Gasteiger charge is 2.08. The third kappa shape index (κ3) is 4.86. The molecule has 3 nitrogen and oxygen atoms in total. The van der Waals surface area contributed by atoms with E-state index in [1.54, 1.807) is 0 Å². The minimum Gasteiger partial charge on any atom is -0.325 e. The van der Waals surface area contributed by atoms with Gasteiger partial charge in [-0.15, -0.1) is 0 Å². The molecule has 0 bridgehead atoms. The van der Waals surface area contributed by atoms with E-state index < -0.39 is 0 Å². The molecule has 0 radical (unpaired) electrons. The van der Waals surface area contributed by atoms with Gasteiger partial charge in [0.05, 0.1) is 6.54 Å². The van der Waals surface area contributed by atoms with E-state index in [1.165, 1.54) is 0 Å². The summed E-state index contributed by atoms with van der Waals surface area (Å²) >= 11 is 5.88. The van der Waals surface area contributed by atoms with Crippen LogP contribution in [0.25, 0.3) is 0 Å². The number of carbonyl (C=O) groups excluding carboxylic acids is 1. The van der Waals surface area contributed by atoms with Crippen molar-refractivity contribution in [1.29, 1.82) is 0 Å². The van der Waals surface area contributed by atoms with Crippen molar-refractivity contribution in [3.8, 4) is 0 Å². The van der Waals surface area contributed by atoms with Crippen molar-refractivity contribution in [2.75, 3.05) is 11.9 Å². The van der Waals surface area contributed by atoms with Gasteiger partial charge in [-0.1, -0.05) is 29.8 Å². The first-order valence-corrected chi connectivity index (χ1v) is 7.69. The van der Waals surface area contributed by atoms with Crippen LogP contribution < -0.4 is 10.6 Å². The lowest BCUT2D eigenvalue weighted by molar-refractivity contribution is -0.115. The monoisotopic (exact) mass is 316 g/mol. The zero-order valence-corrected chi connectivity index (χ0v) is 13.9. The SMILES string of the molecule is Cc1cc(C)cc(NC(=O)CN[C@H](C)c2ccc(Cl)cc2)c1. The molecule has 22 heavy (non-hydrogen) atoms. The lowest BCUT2D eigenvalue weighted by atomic mass is 10.1. The van der Waals surface area contributed by atoms with Gasteiger partial charge in [0, 0.05) is 16.8 Å². The average Bonchev–Trinajstić information content (AvgIpc) is 2.44. The molecule has 0 unspecified atom stereocenters. The van der Waals surface area contributed by atoms with Crippen LogP contribution in [0.15, 0.2) is 42.5 Å². The van der Waals surface area contributed by atoms with Gasteiger partial charge in [0.2, 0.25) is 5.91 Å². The van der Waals surface area contributed by atoms with Gasteiger partial charge in [-0.25, -0.2) is 0 Å². The molecule has 0 aliphatic carbocycles. The van der Waals surface area contributed by atoms with Crippen molar-refractivity contribution in [3.63, 3.8) is 0 Å². The van der Waals surface area contributed by atoms with E-state index in [9.17, 15) is 4.79 Å². The number of nitrogens with one attached hydrogen (secondary N) is 2. The predicted octanol–water partition coefficient (Wildman–Crippen LogP) is 4.25. The number of benzene rings is 2. The van der Waals surface area contributed by atoms with Crippen molar-refractivity contribution >= 4 is 23.2 Å². The van der Waals surface area contributed by atoms with Crippen LogP contribution in [0.5, 0.6) is 0 Å². The first kappa shape index (κ1) is 16.5. The normalized spacial score (nSPS) is 12.0. The second-order valence-corrected chi connectivity index (χ2v) is 6.02. The molecule has 0 saturated carbocycles. The van der Waals surface area contributed by atoms with Crippen LogP contribution in [0.4, 0.5) is 5.69 Å². The zero-order chi connectivity index (χ0) is 16.1. The molecular weight excluding hydrogens is 296 g/mol. The van der Waals surface area contributed by atoms with Crippen molar-refractivity contribution in [3.05, 3.63) is 64.2 Å². The maximum absolute atomic E-state index is 12.0. The first-order valence-electron chi connectivity index (χ1n) is 7.31. The number of carbonyl (C=O) groups is 1. The average molecular weight is 317 g/mol. The number of amides is 1. The van der Waals surface area contributed by atoms with Crippen LogP contribution in [-0.2, 0) is 4.79 Å². The fourth-order valence-corrected chi connectivity index (χ4v) is 2.49. The molecule has 0 aromatic heterocycles. The highest BCUT2D eigenvalue weighted by Crippen LogP contribution is 2.16. The van der Waals surface area contributed by atoms with Crippen molar-refractivity contribution < 1.29 is 4.79 Å². The van der Waals surface area contributed by atoms with Gasteiger partial charge in [0.1, 0.15) is 0 Å². The molecule has 2 aromatic rings. The number of hydrogen-bond donors (Lipinski definition) is 2. The molecule has 0 heterocycles. The Morgan fingerprint density at radius 1 is 1.09 bits per heavy atom. The van der Waals surface area contributed by atoms with E-state index in [0.717, 1.165) is 22.4 Å². The third-order valence-electron chi connectivity index (χ3n) is 3.44. The molecule has 1 amide bonds. The molecule has 4 heteroatoms. The largest absolute Gasteiger partial charge is 0.325 e. The Morgan fingerprint density at radius 3 is 2.27 bits per heavy atom. The summed E-state index contributed by atoms with van der Waals surface area (Å²) in [5, 5.41) is 6.84. The second-order valence-electron chi connectivity index (χ2n) is 5.58. The van der Waals surface area contributed by atoms with Crippen LogP contribution in [0.2, 0.25) is 5.02 Å². The Balaban J connectivity index is 1.88. The number of halogens is 1. The van der Waals surface area contributed by atoms with Gasteiger partial charge in [0.15, 0.2) is 0 Å². The molecule has 2 N–H and O–H groups in total. The number of hydrogen-bond acceptors (Lipinski definition) is 2. The Labute approximate surface area is 136 Å². The standard InChI is InChI=1S/C18H21ClN2O/c1-12-8-13(2)10-17(9-12)21-18(22)11-20-14(3)15-4-6-16(19)7-5-15/h4-10,14,20H,11H2,1-3H3,(H,21,22)/t14-/m1/s1. The predicted molar refractivity (Wildman–Crippen MR) is 92.4 cm³/mol. The minimum atomic E-state index is -0.0502. The molecular formula is C18H21ClN2O. The van der Waals surface area contributed by atoms with Gasteiger partial charge in [-0.2, -0.15) is 0 Å². The Hall–Kier alpha value is -1.84. The molecule has 1 atom stereocenters. The van der Waals surface area contributed by atoms with E-state index in [0.29, 0.717) is 5.02 Å². The van der Waals surface area contributed by atoms with Crippen molar-refractivity contribution in [2.45, 2.75) is 26.8 Å². The molecule has 0 aliphatic rings. The summed E-state index contributed by atoms with van der Waals surface area (Å²) in [4.78, 5) is 12.0. The fraction of sp³-hybridized carbons (Fsp3) is 0.278. The van der Waals surface area contributed by atoms with Crippen LogP contribution in [0.1, 0.15) is 29.7 Å². The molecule has 0 spiro atoms. The maximum atomic E-state index is 12.0. The number of rotatable bonds is 5. The van der Waals surface area contributed by atoms with Crippen LogP contribution >= 0.6 is 11.6 Å². The summed E-state index contributed by atoms with van der Waals surface area (Å²) in [6, 6.07) is 13.7. The summed E-state index contributed by atoms with van der Waals surface area (Å²) < 4.78 is 0. The van der Waals surface area contributed by atoms with E-state index in [1.807, 2.05) is 57.2 Å². The van der Waals surface area contributed by atoms with E-state index in [4.69, 9.17) is 11.6 Å². The van der Waals surface area contributed by atoms with Gasteiger partial charge in [-0.05, 0) is 61.7 Å². The maximum Gasteiger partial charge on any atom is 0.238 e. The summed E-state index contributed by atoms with van der Waals surface area (Å²) in [7, 11) is 0. The summed E-state index contributed by atoms with van der Waals surface area (Å²) in [6.07, 6.45) is 0. The lowest BCUT2D eigenvalue weighted by Gasteiger charge is -2.14.